The molecule has 96 valence electrons. The molecule has 0 spiro atoms. The molecule has 0 unspecified atom stereocenters. The lowest BCUT2D eigenvalue weighted by Gasteiger charge is -2.41. The second kappa shape index (κ2) is 5.50. The first-order valence-electron chi connectivity index (χ1n) is 6.86. The fraction of sp³-hybridized carbons (Fsp3) is 1.00. The van der Waals surface area contributed by atoms with Gasteiger partial charge >= 0.3 is 0 Å². The summed E-state index contributed by atoms with van der Waals surface area (Å²) in [6, 6.07) is 0.568. The first kappa shape index (κ1) is 14.0. The highest BCUT2D eigenvalue weighted by Gasteiger charge is 2.36. The van der Waals surface area contributed by atoms with Crippen molar-refractivity contribution in [2.24, 2.45) is 5.41 Å². The molecule has 1 rings (SSSR count). The third-order valence-electron chi connectivity index (χ3n) is 4.24. The van der Waals surface area contributed by atoms with Crippen molar-refractivity contribution in [2.45, 2.75) is 77.9 Å². The Balaban J connectivity index is 2.36. The average Bonchev–Trinajstić information content (AvgIpc) is 2.25. The van der Waals surface area contributed by atoms with Crippen LogP contribution in [0.4, 0.5) is 0 Å². The molecule has 0 amide bonds. The fourth-order valence-electron chi connectivity index (χ4n) is 2.48. The van der Waals surface area contributed by atoms with E-state index in [2.05, 4.69) is 33.0 Å². The summed E-state index contributed by atoms with van der Waals surface area (Å²) in [5.74, 6) is 0. The van der Waals surface area contributed by atoms with Gasteiger partial charge in [0, 0.05) is 12.6 Å². The highest BCUT2D eigenvalue weighted by Crippen LogP contribution is 2.39. The first-order chi connectivity index (χ1) is 7.41. The van der Waals surface area contributed by atoms with Crippen LogP contribution < -0.4 is 5.32 Å². The summed E-state index contributed by atoms with van der Waals surface area (Å²) in [6.45, 7) is 9.79. The molecule has 0 saturated heterocycles. The van der Waals surface area contributed by atoms with Crippen LogP contribution in [-0.2, 0) is 0 Å². The van der Waals surface area contributed by atoms with Crippen LogP contribution in [0.2, 0.25) is 0 Å². The summed E-state index contributed by atoms with van der Waals surface area (Å²) >= 11 is 0. The number of nitrogens with one attached hydrogen (secondary N) is 1. The van der Waals surface area contributed by atoms with E-state index in [1.165, 1.54) is 0 Å². The molecule has 0 heterocycles. The Morgan fingerprint density at radius 3 is 2.00 bits per heavy atom. The van der Waals surface area contributed by atoms with E-state index in [1.807, 2.05) is 0 Å². The van der Waals surface area contributed by atoms with Crippen molar-refractivity contribution in [3.05, 3.63) is 0 Å². The molecule has 1 fully saturated rings. The zero-order valence-corrected chi connectivity index (χ0v) is 11.5. The minimum absolute atomic E-state index is 0.432. The fourth-order valence-corrected chi connectivity index (χ4v) is 2.48. The molecule has 2 heteroatoms. The summed E-state index contributed by atoms with van der Waals surface area (Å²) in [6.07, 6.45) is 6.50. The van der Waals surface area contributed by atoms with Crippen molar-refractivity contribution in [1.29, 1.82) is 0 Å². The monoisotopic (exact) mass is 227 g/mol. The van der Waals surface area contributed by atoms with Gasteiger partial charge in [0.25, 0.3) is 0 Å². The Morgan fingerprint density at radius 2 is 1.56 bits per heavy atom. The van der Waals surface area contributed by atoms with Crippen LogP contribution in [0.1, 0.15) is 66.2 Å². The van der Waals surface area contributed by atoms with Crippen molar-refractivity contribution in [1.82, 2.24) is 5.32 Å². The van der Waals surface area contributed by atoms with Crippen molar-refractivity contribution in [3.8, 4) is 0 Å². The average molecular weight is 227 g/mol. The summed E-state index contributed by atoms with van der Waals surface area (Å²) in [5, 5.41) is 14.0. The maximum Gasteiger partial charge on any atom is 0.0772 e. The van der Waals surface area contributed by atoms with E-state index < -0.39 is 5.60 Å². The molecule has 2 nitrogen and oxygen atoms in total. The standard InChI is InChI=1S/C14H29NO/c1-5-12(6-2)15-11-14(16)9-7-13(3,4)8-10-14/h12,15-16H,5-11H2,1-4H3. The van der Waals surface area contributed by atoms with Crippen molar-refractivity contribution < 1.29 is 5.11 Å². The van der Waals surface area contributed by atoms with Gasteiger partial charge in [-0.15, -0.1) is 0 Å². The van der Waals surface area contributed by atoms with Gasteiger partial charge in [-0.2, -0.15) is 0 Å². The van der Waals surface area contributed by atoms with Crippen LogP contribution in [0.25, 0.3) is 0 Å². The maximum absolute atomic E-state index is 10.5. The zero-order valence-electron chi connectivity index (χ0n) is 11.5. The second-order valence-corrected chi connectivity index (χ2v) is 6.28. The Morgan fingerprint density at radius 1 is 1.06 bits per heavy atom. The van der Waals surface area contributed by atoms with Crippen molar-refractivity contribution in [3.63, 3.8) is 0 Å². The van der Waals surface area contributed by atoms with Crippen molar-refractivity contribution in [2.75, 3.05) is 6.54 Å². The smallest absolute Gasteiger partial charge is 0.0772 e. The summed E-state index contributed by atoms with van der Waals surface area (Å²) < 4.78 is 0. The highest BCUT2D eigenvalue weighted by molar-refractivity contribution is 4.91. The SMILES string of the molecule is CCC(CC)NCC1(O)CCC(C)(C)CC1. The first-order valence-corrected chi connectivity index (χ1v) is 6.86. The van der Waals surface area contributed by atoms with Gasteiger partial charge < -0.3 is 10.4 Å². The molecular weight excluding hydrogens is 198 g/mol. The lowest BCUT2D eigenvalue weighted by Crippen LogP contribution is -2.47. The molecule has 0 bridgehead atoms. The number of hydrogen-bond donors (Lipinski definition) is 2. The topological polar surface area (TPSA) is 32.3 Å². The number of hydrogen-bond acceptors (Lipinski definition) is 2. The lowest BCUT2D eigenvalue weighted by molar-refractivity contribution is -0.0262. The zero-order chi connectivity index (χ0) is 12.2. The molecule has 0 aliphatic heterocycles. The van der Waals surface area contributed by atoms with Gasteiger partial charge in [0.1, 0.15) is 0 Å². The lowest BCUT2D eigenvalue weighted by atomic mass is 9.71. The molecule has 1 saturated carbocycles. The number of rotatable bonds is 5. The van der Waals surface area contributed by atoms with Gasteiger partial charge in [-0.25, -0.2) is 0 Å². The molecular formula is C14H29NO. The van der Waals surface area contributed by atoms with Gasteiger partial charge in [0.15, 0.2) is 0 Å². The molecule has 0 aromatic carbocycles. The molecule has 1 aliphatic rings. The van der Waals surface area contributed by atoms with Gasteiger partial charge in [0.2, 0.25) is 0 Å². The third kappa shape index (κ3) is 4.06. The van der Waals surface area contributed by atoms with Crippen LogP contribution in [-0.4, -0.2) is 23.3 Å². The maximum atomic E-state index is 10.5. The normalized spacial score (nSPS) is 23.6. The predicted octanol–water partition coefficient (Wildman–Crippen LogP) is 3.10. The van der Waals surface area contributed by atoms with Crippen LogP contribution in [0, 0.1) is 5.41 Å². The minimum Gasteiger partial charge on any atom is -0.389 e. The second-order valence-electron chi connectivity index (χ2n) is 6.28. The summed E-state index contributed by atoms with van der Waals surface area (Å²) in [4.78, 5) is 0. The quantitative estimate of drug-likeness (QED) is 0.756. The Bertz CT molecular complexity index is 199. The minimum atomic E-state index is -0.446. The highest BCUT2D eigenvalue weighted by atomic mass is 16.3. The molecule has 1 aliphatic carbocycles. The van der Waals surface area contributed by atoms with E-state index >= 15 is 0 Å². The molecule has 0 radical (unpaired) electrons. The largest absolute Gasteiger partial charge is 0.389 e. The molecule has 0 aromatic rings. The Hall–Kier alpha value is -0.0800. The summed E-state index contributed by atoms with van der Waals surface area (Å²) in [5.41, 5.74) is -0.0146. The summed E-state index contributed by atoms with van der Waals surface area (Å²) in [7, 11) is 0. The Labute approximate surface area is 101 Å². The van der Waals surface area contributed by atoms with E-state index in [0.717, 1.165) is 45.1 Å². The van der Waals surface area contributed by atoms with E-state index in [1.54, 1.807) is 0 Å². The molecule has 0 aromatic heterocycles. The Kier molecular flexibility index (Phi) is 4.81. The predicted molar refractivity (Wildman–Crippen MR) is 69.6 cm³/mol. The molecule has 0 atom stereocenters. The molecule has 2 N–H and O–H groups in total. The van der Waals surface area contributed by atoms with E-state index in [9.17, 15) is 5.11 Å². The molecule has 16 heavy (non-hydrogen) atoms. The van der Waals surface area contributed by atoms with Crippen molar-refractivity contribution >= 4 is 0 Å². The van der Waals surface area contributed by atoms with Crippen LogP contribution in [0.3, 0.4) is 0 Å². The number of aliphatic hydroxyl groups is 1. The van der Waals surface area contributed by atoms with Gasteiger partial charge in [-0.05, 0) is 43.9 Å². The third-order valence-corrected chi connectivity index (χ3v) is 4.24. The van der Waals surface area contributed by atoms with Crippen LogP contribution in [0.5, 0.6) is 0 Å². The van der Waals surface area contributed by atoms with Crippen LogP contribution in [0.15, 0.2) is 0 Å². The van der Waals surface area contributed by atoms with Crippen LogP contribution >= 0.6 is 0 Å². The van der Waals surface area contributed by atoms with E-state index in [0.29, 0.717) is 11.5 Å². The van der Waals surface area contributed by atoms with E-state index in [-0.39, 0.29) is 0 Å². The van der Waals surface area contributed by atoms with E-state index in [4.69, 9.17) is 0 Å². The van der Waals surface area contributed by atoms with Gasteiger partial charge in [0.05, 0.1) is 5.60 Å². The van der Waals surface area contributed by atoms with Gasteiger partial charge in [-0.3, -0.25) is 0 Å². The van der Waals surface area contributed by atoms with Gasteiger partial charge in [-0.1, -0.05) is 27.7 Å².